The third-order valence-electron chi connectivity index (χ3n) is 4.54. The number of ether oxygens (including phenoxy) is 1. The van der Waals surface area contributed by atoms with Crippen molar-refractivity contribution >= 4 is 36.4 Å². The molecule has 1 aromatic carbocycles. The molecule has 0 aliphatic carbocycles. The Bertz CT molecular complexity index is 533. The van der Waals surface area contributed by atoms with E-state index >= 15 is 0 Å². The van der Waals surface area contributed by atoms with Crippen LogP contribution in [0.1, 0.15) is 5.56 Å². The Morgan fingerprint density at radius 3 is 2.32 bits per heavy atom. The molecule has 6 nitrogen and oxygen atoms in total. The molecule has 0 spiro atoms. The summed E-state index contributed by atoms with van der Waals surface area (Å²) in [5.41, 5.74) is 7.87. The van der Waals surface area contributed by atoms with Gasteiger partial charge in [0.15, 0.2) is 0 Å². The molecular formula is C17H28Cl2N4O2. The molecule has 8 heteroatoms. The lowest BCUT2D eigenvalue weighted by Crippen LogP contribution is -2.51. The Hall–Kier alpha value is -1.05. The number of carbonyl (C=O) groups excluding carboxylic acids is 1. The van der Waals surface area contributed by atoms with Gasteiger partial charge in [0.1, 0.15) is 0 Å². The number of hydrogen-bond donors (Lipinski definition) is 1. The van der Waals surface area contributed by atoms with Gasteiger partial charge in [-0.3, -0.25) is 14.6 Å². The summed E-state index contributed by atoms with van der Waals surface area (Å²) in [7, 11) is 0. The summed E-state index contributed by atoms with van der Waals surface area (Å²) in [5.74, 6) is 0.246. The second kappa shape index (κ2) is 10.8. The fourth-order valence-electron chi connectivity index (χ4n) is 3.16. The average molecular weight is 391 g/mol. The van der Waals surface area contributed by atoms with Crippen molar-refractivity contribution in [3.8, 4) is 0 Å². The fourth-order valence-corrected chi connectivity index (χ4v) is 3.16. The van der Waals surface area contributed by atoms with Crippen molar-refractivity contribution in [3.05, 3.63) is 29.8 Å². The number of hydrogen-bond acceptors (Lipinski definition) is 5. The highest BCUT2D eigenvalue weighted by molar-refractivity contribution is 5.85. The predicted octanol–water partition coefficient (Wildman–Crippen LogP) is 1.09. The van der Waals surface area contributed by atoms with Crippen LogP contribution < -0.4 is 5.73 Å². The average Bonchev–Trinajstić information content (AvgIpc) is 2.56. The van der Waals surface area contributed by atoms with Crippen LogP contribution in [-0.4, -0.2) is 79.6 Å². The van der Waals surface area contributed by atoms with Gasteiger partial charge in [-0.15, -0.1) is 24.8 Å². The maximum atomic E-state index is 12.4. The van der Waals surface area contributed by atoms with Gasteiger partial charge in [-0.05, 0) is 17.7 Å². The number of carbonyl (C=O) groups is 1. The van der Waals surface area contributed by atoms with Gasteiger partial charge in [-0.1, -0.05) is 12.1 Å². The standard InChI is InChI=1S/C17H26N4O2.2ClH/c18-16-3-1-2-15(12-16)13-19-4-6-21(7-5-19)17(22)14-20-8-10-23-11-9-20;;/h1-3,12H,4-11,13-14,18H2;2*1H. The molecule has 0 radical (unpaired) electrons. The topological polar surface area (TPSA) is 62.0 Å². The normalized spacial score (nSPS) is 19.0. The summed E-state index contributed by atoms with van der Waals surface area (Å²) in [4.78, 5) is 18.9. The molecule has 3 rings (SSSR count). The second-order valence-electron chi connectivity index (χ2n) is 6.29. The minimum Gasteiger partial charge on any atom is -0.399 e. The molecular weight excluding hydrogens is 363 g/mol. The van der Waals surface area contributed by atoms with Gasteiger partial charge in [0.25, 0.3) is 0 Å². The quantitative estimate of drug-likeness (QED) is 0.779. The van der Waals surface area contributed by atoms with E-state index in [2.05, 4.69) is 15.9 Å². The largest absolute Gasteiger partial charge is 0.399 e. The molecule has 142 valence electrons. The molecule has 1 aromatic rings. The minimum atomic E-state index is 0. The molecule has 0 unspecified atom stereocenters. The van der Waals surface area contributed by atoms with Gasteiger partial charge in [0.05, 0.1) is 19.8 Å². The monoisotopic (exact) mass is 390 g/mol. The van der Waals surface area contributed by atoms with Crippen molar-refractivity contribution in [2.45, 2.75) is 6.54 Å². The number of anilines is 1. The van der Waals surface area contributed by atoms with Crippen LogP contribution in [0.15, 0.2) is 24.3 Å². The first-order valence-electron chi connectivity index (χ1n) is 8.35. The molecule has 0 bridgehead atoms. The Morgan fingerprint density at radius 2 is 1.68 bits per heavy atom. The lowest BCUT2D eigenvalue weighted by atomic mass is 10.1. The van der Waals surface area contributed by atoms with E-state index in [9.17, 15) is 4.79 Å². The van der Waals surface area contributed by atoms with Crippen molar-refractivity contribution < 1.29 is 9.53 Å². The molecule has 2 N–H and O–H groups in total. The van der Waals surface area contributed by atoms with Crippen molar-refractivity contribution in [1.29, 1.82) is 0 Å². The third kappa shape index (κ3) is 6.64. The van der Waals surface area contributed by atoms with Gasteiger partial charge in [0, 0.05) is 51.5 Å². The van der Waals surface area contributed by atoms with Crippen LogP contribution in [0.5, 0.6) is 0 Å². The van der Waals surface area contributed by atoms with Gasteiger partial charge >= 0.3 is 0 Å². The van der Waals surface area contributed by atoms with E-state index in [1.54, 1.807) is 0 Å². The molecule has 0 aromatic heterocycles. The van der Waals surface area contributed by atoms with Gasteiger partial charge < -0.3 is 15.4 Å². The second-order valence-corrected chi connectivity index (χ2v) is 6.29. The van der Waals surface area contributed by atoms with Crippen LogP contribution in [0.25, 0.3) is 0 Å². The van der Waals surface area contributed by atoms with Crippen molar-refractivity contribution in [3.63, 3.8) is 0 Å². The van der Waals surface area contributed by atoms with E-state index in [4.69, 9.17) is 10.5 Å². The predicted molar refractivity (Wildman–Crippen MR) is 104 cm³/mol. The molecule has 2 aliphatic heterocycles. The summed E-state index contributed by atoms with van der Waals surface area (Å²) in [6.07, 6.45) is 0. The van der Waals surface area contributed by atoms with Crippen molar-refractivity contribution in [1.82, 2.24) is 14.7 Å². The van der Waals surface area contributed by atoms with Crippen LogP contribution in [-0.2, 0) is 16.1 Å². The highest BCUT2D eigenvalue weighted by Crippen LogP contribution is 2.12. The van der Waals surface area contributed by atoms with Crippen LogP contribution in [0.3, 0.4) is 0 Å². The van der Waals surface area contributed by atoms with Crippen LogP contribution in [0.4, 0.5) is 5.69 Å². The minimum absolute atomic E-state index is 0. The summed E-state index contributed by atoms with van der Waals surface area (Å²) in [6, 6.07) is 8.03. The number of morpholine rings is 1. The Morgan fingerprint density at radius 1 is 1.00 bits per heavy atom. The smallest absolute Gasteiger partial charge is 0.236 e. The summed E-state index contributed by atoms with van der Waals surface area (Å²) in [6.45, 7) is 8.09. The first-order valence-corrected chi connectivity index (χ1v) is 8.35. The van der Waals surface area contributed by atoms with E-state index < -0.39 is 0 Å². The van der Waals surface area contributed by atoms with E-state index in [0.29, 0.717) is 6.54 Å². The maximum Gasteiger partial charge on any atom is 0.236 e. The first kappa shape index (κ1) is 22.0. The molecule has 2 fully saturated rings. The number of piperazine rings is 1. The number of amides is 1. The zero-order chi connectivity index (χ0) is 16.1. The lowest BCUT2D eigenvalue weighted by Gasteiger charge is -2.36. The molecule has 2 aliphatic rings. The van der Waals surface area contributed by atoms with Gasteiger partial charge in [-0.25, -0.2) is 0 Å². The Kier molecular flexibility index (Phi) is 9.53. The maximum absolute atomic E-state index is 12.4. The van der Waals surface area contributed by atoms with Crippen molar-refractivity contribution in [2.75, 3.05) is 64.8 Å². The van der Waals surface area contributed by atoms with Crippen molar-refractivity contribution in [2.24, 2.45) is 0 Å². The van der Waals surface area contributed by atoms with Crippen LogP contribution >= 0.6 is 24.8 Å². The highest BCUT2D eigenvalue weighted by atomic mass is 35.5. The highest BCUT2D eigenvalue weighted by Gasteiger charge is 2.23. The molecule has 1 amide bonds. The number of benzene rings is 1. The summed E-state index contributed by atoms with van der Waals surface area (Å²) < 4.78 is 5.32. The van der Waals surface area contributed by atoms with E-state index in [1.165, 1.54) is 5.56 Å². The zero-order valence-electron chi connectivity index (χ0n) is 14.4. The number of nitrogens with zero attached hydrogens (tertiary/aromatic N) is 3. The molecule has 0 saturated carbocycles. The SMILES string of the molecule is Cl.Cl.Nc1cccc(CN2CCN(C(=O)CN3CCOCC3)CC2)c1. The summed E-state index contributed by atoms with van der Waals surface area (Å²) in [5, 5.41) is 0. The van der Waals surface area contributed by atoms with E-state index in [-0.39, 0.29) is 30.7 Å². The molecule has 0 atom stereocenters. The van der Waals surface area contributed by atoms with Gasteiger partial charge in [-0.2, -0.15) is 0 Å². The molecule has 2 heterocycles. The van der Waals surface area contributed by atoms with Gasteiger partial charge in [0.2, 0.25) is 5.91 Å². The third-order valence-corrected chi connectivity index (χ3v) is 4.54. The Balaban J connectivity index is 0.00000156. The van der Waals surface area contributed by atoms with Crippen LogP contribution in [0, 0.1) is 0 Å². The molecule has 25 heavy (non-hydrogen) atoms. The fraction of sp³-hybridized carbons (Fsp3) is 0.588. The zero-order valence-corrected chi connectivity index (χ0v) is 16.1. The number of nitrogen functional groups attached to an aromatic ring is 1. The number of nitrogens with two attached hydrogens (primary N) is 1. The summed E-state index contributed by atoms with van der Waals surface area (Å²) >= 11 is 0. The molecule has 2 saturated heterocycles. The van der Waals surface area contributed by atoms with E-state index in [1.807, 2.05) is 23.1 Å². The number of halogens is 2. The first-order chi connectivity index (χ1) is 11.2. The number of rotatable bonds is 4. The Labute approximate surface area is 162 Å². The lowest BCUT2D eigenvalue weighted by molar-refractivity contribution is -0.135. The van der Waals surface area contributed by atoms with E-state index in [0.717, 1.165) is 64.7 Å². The van der Waals surface area contributed by atoms with Crippen LogP contribution in [0.2, 0.25) is 0 Å².